The van der Waals surface area contributed by atoms with E-state index in [9.17, 15) is 4.79 Å². The Morgan fingerprint density at radius 1 is 1.33 bits per heavy atom. The van der Waals surface area contributed by atoms with Crippen LogP contribution in [-0.4, -0.2) is 17.9 Å². The fraction of sp³-hybridized carbons (Fsp3) is 0.750. The van der Waals surface area contributed by atoms with Gasteiger partial charge in [0, 0.05) is 5.33 Å². The van der Waals surface area contributed by atoms with Gasteiger partial charge in [0.15, 0.2) is 0 Å². The number of hydrogen-bond acceptors (Lipinski definition) is 2. The average molecular weight is 273 g/mol. The molecular formula is C12H17BrO2. The maximum atomic E-state index is 11.7. The third kappa shape index (κ3) is 2.63. The Bertz CT molecular complexity index is 262. The molecule has 1 saturated carbocycles. The molecule has 0 aromatic carbocycles. The molecule has 0 aliphatic heterocycles. The van der Waals surface area contributed by atoms with Crippen molar-refractivity contribution in [3.8, 4) is 0 Å². The van der Waals surface area contributed by atoms with E-state index in [-0.39, 0.29) is 11.9 Å². The summed E-state index contributed by atoms with van der Waals surface area (Å²) in [6.07, 6.45) is 8.66. The van der Waals surface area contributed by atoms with Crippen molar-refractivity contribution in [2.45, 2.75) is 25.7 Å². The van der Waals surface area contributed by atoms with Crippen LogP contribution in [0, 0.1) is 17.8 Å². The fourth-order valence-corrected chi connectivity index (χ4v) is 2.92. The second-order valence-corrected chi connectivity index (χ2v) is 5.24. The number of fused-ring (bicyclic) bond motifs is 2. The molecule has 2 rings (SSSR count). The molecule has 15 heavy (non-hydrogen) atoms. The number of esters is 1. The lowest BCUT2D eigenvalue weighted by Gasteiger charge is -2.16. The predicted octanol–water partition coefficient (Wildman–Crippen LogP) is 2.92. The number of ether oxygens (including phenoxy) is 1. The zero-order valence-electron chi connectivity index (χ0n) is 8.82. The van der Waals surface area contributed by atoms with Gasteiger partial charge in [0.25, 0.3) is 0 Å². The van der Waals surface area contributed by atoms with E-state index in [0.717, 1.165) is 24.6 Å². The van der Waals surface area contributed by atoms with Crippen molar-refractivity contribution in [1.82, 2.24) is 0 Å². The molecule has 1 fully saturated rings. The molecule has 3 atom stereocenters. The summed E-state index contributed by atoms with van der Waals surface area (Å²) >= 11 is 3.36. The van der Waals surface area contributed by atoms with E-state index in [4.69, 9.17) is 4.74 Å². The highest BCUT2D eigenvalue weighted by Crippen LogP contribution is 2.43. The van der Waals surface area contributed by atoms with Crippen LogP contribution in [0.4, 0.5) is 0 Å². The highest BCUT2D eigenvalue weighted by molar-refractivity contribution is 9.09. The molecule has 0 N–H and O–H groups in total. The number of carbonyl (C=O) groups excluding carboxylic acids is 1. The molecule has 0 heterocycles. The van der Waals surface area contributed by atoms with Gasteiger partial charge in [0.05, 0.1) is 12.5 Å². The molecule has 2 aliphatic rings. The summed E-state index contributed by atoms with van der Waals surface area (Å²) in [5.41, 5.74) is 0. The van der Waals surface area contributed by atoms with Crippen LogP contribution in [0.3, 0.4) is 0 Å². The average Bonchev–Trinajstić information content (AvgIpc) is 2.85. The number of rotatable bonds is 5. The SMILES string of the molecule is O=C(OCCCCBr)[C@@H]1C[C@@H]2C=C[C@@H]1C2. The highest BCUT2D eigenvalue weighted by Gasteiger charge is 2.40. The summed E-state index contributed by atoms with van der Waals surface area (Å²) in [6, 6.07) is 0. The molecule has 0 amide bonds. The Labute approximate surface area is 99.2 Å². The van der Waals surface area contributed by atoms with Crippen molar-refractivity contribution in [3.63, 3.8) is 0 Å². The summed E-state index contributed by atoms with van der Waals surface area (Å²) in [5, 5.41) is 0.988. The van der Waals surface area contributed by atoms with Gasteiger partial charge in [0.2, 0.25) is 0 Å². The number of hydrogen-bond donors (Lipinski definition) is 0. The lowest BCUT2D eigenvalue weighted by Crippen LogP contribution is -2.22. The van der Waals surface area contributed by atoms with E-state index in [2.05, 4.69) is 28.1 Å². The minimum absolute atomic E-state index is 0.0291. The minimum Gasteiger partial charge on any atom is -0.465 e. The van der Waals surface area contributed by atoms with Gasteiger partial charge < -0.3 is 4.74 Å². The van der Waals surface area contributed by atoms with E-state index in [1.165, 1.54) is 6.42 Å². The molecule has 0 spiro atoms. The summed E-state index contributed by atoms with van der Waals surface area (Å²) in [5.74, 6) is 1.30. The molecular weight excluding hydrogens is 256 g/mol. The lowest BCUT2D eigenvalue weighted by atomic mass is 9.94. The Kier molecular flexibility index (Phi) is 3.84. The largest absolute Gasteiger partial charge is 0.465 e. The second-order valence-electron chi connectivity index (χ2n) is 4.45. The van der Waals surface area contributed by atoms with E-state index in [1.807, 2.05) is 0 Å². The first kappa shape index (κ1) is 11.2. The van der Waals surface area contributed by atoms with E-state index >= 15 is 0 Å². The van der Waals surface area contributed by atoms with Gasteiger partial charge in [0.1, 0.15) is 0 Å². The molecule has 0 radical (unpaired) electrons. The predicted molar refractivity (Wildman–Crippen MR) is 62.8 cm³/mol. The first-order chi connectivity index (χ1) is 7.31. The van der Waals surface area contributed by atoms with Crippen LogP contribution in [0.25, 0.3) is 0 Å². The van der Waals surface area contributed by atoms with Crippen molar-refractivity contribution >= 4 is 21.9 Å². The standard InChI is InChI=1S/C12H17BrO2/c13-5-1-2-6-15-12(14)11-8-9-3-4-10(11)7-9/h3-4,9-11H,1-2,5-8H2/t9-,10-,11-/m1/s1. The molecule has 2 bridgehead atoms. The third-order valence-corrected chi connectivity index (χ3v) is 3.91. The summed E-state index contributed by atoms with van der Waals surface area (Å²) in [7, 11) is 0. The fourth-order valence-electron chi connectivity index (χ4n) is 2.53. The van der Waals surface area contributed by atoms with Crippen molar-refractivity contribution in [3.05, 3.63) is 12.2 Å². The van der Waals surface area contributed by atoms with E-state index in [0.29, 0.717) is 18.4 Å². The van der Waals surface area contributed by atoms with Gasteiger partial charge in [-0.1, -0.05) is 28.1 Å². The molecule has 3 heteroatoms. The van der Waals surface area contributed by atoms with Crippen molar-refractivity contribution in [1.29, 1.82) is 0 Å². The maximum Gasteiger partial charge on any atom is 0.309 e. The zero-order chi connectivity index (χ0) is 10.7. The Balaban J connectivity index is 1.70. The van der Waals surface area contributed by atoms with E-state index in [1.54, 1.807) is 0 Å². The van der Waals surface area contributed by atoms with Crippen LogP contribution < -0.4 is 0 Å². The molecule has 0 aromatic rings. The number of carbonyl (C=O) groups is 1. The number of alkyl halides is 1. The van der Waals surface area contributed by atoms with Crippen LogP contribution in [0.5, 0.6) is 0 Å². The van der Waals surface area contributed by atoms with Crippen LogP contribution in [0.15, 0.2) is 12.2 Å². The van der Waals surface area contributed by atoms with Gasteiger partial charge in [-0.05, 0) is 37.5 Å². The van der Waals surface area contributed by atoms with Crippen molar-refractivity contribution in [2.24, 2.45) is 17.8 Å². The summed E-state index contributed by atoms with van der Waals surface area (Å²) < 4.78 is 5.29. The summed E-state index contributed by atoms with van der Waals surface area (Å²) in [4.78, 5) is 11.7. The van der Waals surface area contributed by atoms with E-state index < -0.39 is 0 Å². The van der Waals surface area contributed by atoms with Gasteiger partial charge in [-0.25, -0.2) is 0 Å². The number of unbranched alkanes of at least 4 members (excludes halogenated alkanes) is 1. The molecule has 2 nitrogen and oxygen atoms in total. The first-order valence-electron chi connectivity index (χ1n) is 5.72. The Morgan fingerprint density at radius 2 is 2.20 bits per heavy atom. The molecule has 0 aromatic heterocycles. The molecule has 0 saturated heterocycles. The van der Waals surface area contributed by atoms with Crippen LogP contribution in [-0.2, 0) is 9.53 Å². The topological polar surface area (TPSA) is 26.3 Å². The second kappa shape index (κ2) is 5.15. The molecule has 0 unspecified atom stereocenters. The Hall–Kier alpha value is -0.310. The van der Waals surface area contributed by atoms with Crippen molar-refractivity contribution < 1.29 is 9.53 Å². The Morgan fingerprint density at radius 3 is 2.80 bits per heavy atom. The van der Waals surface area contributed by atoms with Crippen LogP contribution >= 0.6 is 15.9 Å². The normalized spacial score (nSPS) is 32.2. The molecule has 2 aliphatic carbocycles. The quantitative estimate of drug-likeness (QED) is 0.333. The van der Waals surface area contributed by atoms with Crippen LogP contribution in [0.2, 0.25) is 0 Å². The third-order valence-electron chi connectivity index (χ3n) is 3.35. The van der Waals surface area contributed by atoms with Gasteiger partial charge in [-0.15, -0.1) is 0 Å². The molecule has 84 valence electrons. The zero-order valence-corrected chi connectivity index (χ0v) is 10.4. The number of halogens is 1. The lowest BCUT2D eigenvalue weighted by molar-refractivity contribution is -0.149. The minimum atomic E-state index is 0.0291. The van der Waals surface area contributed by atoms with Crippen molar-refractivity contribution in [2.75, 3.05) is 11.9 Å². The smallest absolute Gasteiger partial charge is 0.309 e. The summed E-state index contributed by atoms with van der Waals surface area (Å²) in [6.45, 7) is 0.585. The first-order valence-corrected chi connectivity index (χ1v) is 6.84. The van der Waals surface area contributed by atoms with Gasteiger partial charge >= 0.3 is 5.97 Å². The maximum absolute atomic E-state index is 11.7. The van der Waals surface area contributed by atoms with Crippen LogP contribution in [0.1, 0.15) is 25.7 Å². The number of allylic oxidation sites excluding steroid dienone is 2. The van der Waals surface area contributed by atoms with Gasteiger partial charge in [-0.2, -0.15) is 0 Å². The highest BCUT2D eigenvalue weighted by atomic mass is 79.9. The monoisotopic (exact) mass is 272 g/mol. The van der Waals surface area contributed by atoms with Gasteiger partial charge in [-0.3, -0.25) is 4.79 Å².